The van der Waals surface area contributed by atoms with Crippen LogP contribution in [-0.2, 0) is 11.3 Å². The van der Waals surface area contributed by atoms with E-state index in [9.17, 15) is 4.39 Å². The lowest BCUT2D eigenvalue weighted by atomic mass is 10.1. The Morgan fingerprint density at radius 3 is 3.10 bits per heavy atom. The highest BCUT2D eigenvalue weighted by Gasteiger charge is 2.17. The number of hydrogen-bond donors (Lipinski definition) is 1. The zero-order chi connectivity index (χ0) is 14.7. The smallest absolute Gasteiger partial charge is 0.128 e. The molecular weight excluding hydrogens is 269 g/mol. The Kier molecular flexibility index (Phi) is 4.20. The molecule has 0 radical (unpaired) electrons. The summed E-state index contributed by atoms with van der Waals surface area (Å²) in [5.41, 5.74) is 1.55. The average Bonchev–Trinajstić information content (AvgIpc) is 3.12. The largest absolute Gasteiger partial charge is 0.376 e. The summed E-state index contributed by atoms with van der Waals surface area (Å²) < 4.78 is 21.2. The van der Waals surface area contributed by atoms with Crippen LogP contribution in [0, 0.1) is 5.82 Å². The van der Waals surface area contributed by atoms with Crippen molar-refractivity contribution in [1.82, 2.24) is 9.78 Å². The van der Waals surface area contributed by atoms with Crippen molar-refractivity contribution in [1.29, 1.82) is 0 Å². The molecule has 0 amide bonds. The highest BCUT2D eigenvalue weighted by molar-refractivity contribution is 5.41. The quantitative estimate of drug-likeness (QED) is 0.917. The molecule has 4 nitrogen and oxygen atoms in total. The molecule has 1 aromatic carbocycles. The fourth-order valence-corrected chi connectivity index (χ4v) is 2.69. The van der Waals surface area contributed by atoms with Gasteiger partial charge in [0.05, 0.1) is 30.6 Å². The van der Waals surface area contributed by atoms with Crippen molar-refractivity contribution in [3.05, 3.63) is 48.0 Å². The van der Waals surface area contributed by atoms with Crippen LogP contribution < -0.4 is 5.32 Å². The summed E-state index contributed by atoms with van der Waals surface area (Å²) in [6.07, 6.45) is 6.20. The van der Waals surface area contributed by atoms with E-state index in [2.05, 4.69) is 10.4 Å². The van der Waals surface area contributed by atoms with Crippen LogP contribution in [0.2, 0.25) is 0 Å². The van der Waals surface area contributed by atoms with E-state index in [-0.39, 0.29) is 18.0 Å². The molecule has 0 spiro atoms. The molecule has 5 heteroatoms. The zero-order valence-corrected chi connectivity index (χ0v) is 12.1. The van der Waals surface area contributed by atoms with E-state index in [4.69, 9.17) is 4.74 Å². The van der Waals surface area contributed by atoms with Crippen LogP contribution in [0.1, 0.15) is 31.4 Å². The van der Waals surface area contributed by atoms with Crippen molar-refractivity contribution in [2.24, 2.45) is 0 Å². The molecule has 1 aliphatic heterocycles. The topological polar surface area (TPSA) is 39.1 Å². The Bertz CT molecular complexity index is 593. The Labute approximate surface area is 123 Å². The second-order valence-electron chi connectivity index (χ2n) is 5.47. The van der Waals surface area contributed by atoms with E-state index in [0.29, 0.717) is 5.56 Å². The Hall–Kier alpha value is -1.88. The molecule has 21 heavy (non-hydrogen) atoms. The van der Waals surface area contributed by atoms with Gasteiger partial charge in [-0.1, -0.05) is 18.2 Å². The van der Waals surface area contributed by atoms with E-state index >= 15 is 0 Å². The first kappa shape index (κ1) is 14.1. The maximum Gasteiger partial charge on any atom is 0.128 e. The lowest BCUT2D eigenvalue weighted by Crippen LogP contribution is -2.15. The number of anilines is 1. The molecular formula is C16H20FN3O. The van der Waals surface area contributed by atoms with Gasteiger partial charge in [-0.05, 0) is 25.8 Å². The van der Waals surface area contributed by atoms with Crippen molar-refractivity contribution in [3.63, 3.8) is 0 Å². The normalized spacial score (nSPS) is 19.6. The molecule has 1 fully saturated rings. The van der Waals surface area contributed by atoms with Gasteiger partial charge in [0.25, 0.3) is 0 Å². The van der Waals surface area contributed by atoms with Crippen molar-refractivity contribution < 1.29 is 9.13 Å². The summed E-state index contributed by atoms with van der Waals surface area (Å²) in [7, 11) is 0. The average molecular weight is 289 g/mol. The van der Waals surface area contributed by atoms with E-state index in [0.717, 1.165) is 31.7 Å². The molecule has 2 unspecified atom stereocenters. The molecule has 1 saturated heterocycles. The summed E-state index contributed by atoms with van der Waals surface area (Å²) in [6, 6.07) is 6.72. The first-order chi connectivity index (χ1) is 10.2. The van der Waals surface area contributed by atoms with Gasteiger partial charge in [0.2, 0.25) is 0 Å². The summed E-state index contributed by atoms with van der Waals surface area (Å²) in [4.78, 5) is 0. The van der Waals surface area contributed by atoms with Gasteiger partial charge in [0, 0.05) is 18.4 Å². The minimum Gasteiger partial charge on any atom is -0.376 e. The van der Waals surface area contributed by atoms with Crippen LogP contribution >= 0.6 is 0 Å². The molecule has 3 rings (SSSR count). The minimum atomic E-state index is -0.191. The summed E-state index contributed by atoms with van der Waals surface area (Å²) >= 11 is 0. The second kappa shape index (κ2) is 6.26. The minimum absolute atomic E-state index is 0.105. The van der Waals surface area contributed by atoms with Gasteiger partial charge in [-0.3, -0.25) is 4.68 Å². The van der Waals surface area contributed by atoms with Crippen molar-refractivity contribution >= 4 is 5.69 Å². The monoisotopic (exact) mass is 289 g/mol. The van der Waals surface area contributed by atoms with Gasteiger partial charge >= 0.3 is 0 Å². The lowest BCUT2D eigenvalue weighted by molar-refractivity contribution is 0.0940. The maximum atomic E-state index is 13.7. The lowest BCUT2D eigenvalue weighted by Gasteiger charge is -2.14. The van der Waals surface area contributed by atoms with E-state index in [1.165, 1.54) is 6.07 Å². The first-order valence-electron chi connectivity index (χ1n) is 7.37. The number of ether oxygens (including phenoxy) is 1. The molecule has 0 aliphatic carbocycles. The number of hydrogen-bond acceptors (Lipinski definition) is 3. The third-order valence-electron chi connectivity index (χ3n) is 3.80. The summed E-state index contributed by atoms with van der Waals surface area (Å²) in [5.74, 6) is -0.191. The highest BCUT2D eigenvalue weighted by atomic mass is 19.1. The number of rotatable bonds is 5. The van der Waals surface area contributed by atoms with Gasteiger partial charge in [-0.2, -0.15) is 5.10 Å². The SMILES string of the molecule is CC(Nc1cnn(CC2CCCO2)c1)c1ccccc1F. The molecule has 2 atom stereocenters. The van der Waals surface area contributed by atoms with Crippen molar-refractivity contribution in [2.45, 2.75) is 38.5 Å². The molecule has 0 bridgehead atoms. The highest BCUT2D eigenvalue weighted by Crippen LogP contribution is 2.21. The molecule has 1 aliphatic rings. The number of nitrogens with one attached hydrogen (secondary N) is 1. The number of aromatic nitrogens is 2. The predicted octanol–water partition coefficient (Wildman–Crippen LogP) is 3.37. The standard InChI is InChI=1S/C16H20FN3O/c1-12(15-6-2-3-7-16(15)17)19-13-9-18-20(10-13)11-14-5-4-8-21-14/h2-3,6-7,9-10,12,14,19H,4-5,8,11H2,1H3. The Balaban J connectivity index is 1.62. The number of nitrogens with zero attached hydrogens (tertiary/aromatic N) is 2. The van der Waals surface area contributed by atoms with Crippen LogP contribution in [0.5, 0.6) is 0 Å². The van der Waals surface area contributed by atoms with Crippen LogP contribution in [0.25, 0.3) is 0 Å². The van der Waals surface area contributed by atoms with Gasteiger partial charge in [-0.25, -0.2) is 4.39 Å². The molecule has 0 saturated carbocycles. The summed E-state index contributed by atoms with van der Waals surface area (Å²) in [5, 5.41) is 7.61. The first-order valence-corrected chi connectivity index (χ1v) is 7.37. The fourth-order valence-electron chi connectivity index (χ4n) is 2.69. The number of benzene rings is 1. The van der Waals surface area contributed by atoms with Crippen molar-refractivity contribution in [3.8, 4) is 0 Å². The van der Waals surface area contributed by atoms with Gasteiger partial charge in [0.15, 0.2) is 0 Å². The second-order valence-corrected chi connectivity index (χ2v) is 5.47. The fraction of sp³-hybridized carbons (Fsp3) is 0.438. The third-order valence-corrected chi connectivity index (χ3v) is 3.80. The third kappa shape index (κ3) is 3.42. The summed E-state index contributed by atoms with van der Waals surface area (Å²) in [6.45, 7) is 3.56. The Morgan fingerprint density at radius 1 is 1.48 bits per heavy atom. The van der Waals surface area contributed by atoms with E-state index in [1.807, 2.05) is 23.9 Å². The van der Waals surface area contributed by atoms with Crippen LogP contribution in [0.3, 0.4) is 0 Å². The molecule has 1 aromatic heterocycles. The predicted molar refractivity (Wildman–Crippen MR) is 79.6 cm³/mol. The molecule has 112 valence electrons. The van der Waals surface area contributed by atoms with Gasteiger partial charge in [0.1, 0.15) is 5.82 Å². The van der Waals surface area contributed by atoms with Gasteiger partial charge in [-0.15, -0.1) is 0 Å². The van der Waals surface area contributed by atoms with E-state index in [1.54, 1.807) is 18.3 Å². The maximum absolute atomic E-state index is 13.7. The van der Waals surface area contributed by atoms with Crippen LogP contribution in [0.15, 0.2) is 36.7 Å². The zero-order valence-electron chi connectivity index (χ0n) is 12.1. The van der Waals surface area contributed by atoms with Gasteiger partial charge < -0.3 is 10.1 Å². The molecule has 2 aromatic rings. The number of halogens is 1. The van der Waals surface area contributed by atoms with Crippen molar-refractivity contribution in [2.75, 3.05) is 11.9 Å². The molecule has 1 N–H and O–H groups in total. The Morgan fingerprint density at radius 2 is 2.33 bits per heavy atom. The molecule has 2 heterocycles. The van der Waals surface area contributed by atoms with E-state index < -0.39 is 0 Å². The van der Waals surface area contributed by atoms with Crippen LogP contribution in [0.4, 0.5) is 10.1 Å². The van der Waals surface area contributed by atoms with Crippen LogP contribution in [-0.4, -0.2) is 22.5 Å².